The van der Waals surface area contributed by atoms with Gasteiger partial charge in [-0.15, -0.1) is 0 Å². The molecular weight excluding hydrogens is 552 g/mol. The number of ether oxygens (including phenoxy) is 1. The fourth-order valence-electron chi connectivity index (χ4n) is 7.31. The maximum atomic E-state index is 13.9. The van der Waals surface area contributed by atoms with Crippen LogP contribution in [0.2, 0.25) is 0 Å². The number of piperazine rings is 1. The molecule has 1 amide bonds. The first kappa shape index (κ1) is 32.4. The Morgan fingerprint density at radius 1 is 1.07 bits per heavy atom. The van der Waals surface area contributed by atoms with Gasteiger partial charge in [0.2, 0.25) is 0 Å². The number of H-pyrrole nitrogens is 1. The van der Waals surface area contributed by atoms with Gasteiger partial charge in [-0.3, -0.25) is 14.5 Å². The Bertz CT molecular complexity index is 1400. The van der Waals surface area contributed by atoms with E-state index >= 15 is 0 Å². The lowest BCUT2D eigenvalue weighted by atomic mass is 9.87. The molecular formula is C35H53N6O3+. The zero-order valence-corrected chi connectivity index (χ0v) is 27.7. The van der Waals surface area contributed by atoms with Crippen LogP contribution in [0, 0.1) is 20.8 Å². The molecule has 1 aromatic heterocycles. The molecule has 0 saturated carbocycles. The predicted molar refractivity (Wildman–Crippen MR) is 178 cm³/mol. The van der Waals surface area contributed by atoms with E-state index in [4.69, 9.17) is 4.74 Å². The van der Waals surface area contributed by atoms with E-state index in [1.54, 1.807) is 0 Å². The summed E-state index contributed by atoms with van der Waals surface area (Å²) in [5.74, 6) is 0.107. The second-order valence-electron chi connectivity index (χ2n) is 13.2. The maximum Gasteiger partial charge on any atom is 0.253 e. The molecule has 5 rings (SSSR count). The molecule has 1 aromatic carbocycles. The standard InChI is InChI=1S/C35H52N6O3/c1-7-41(29-10-16-44-17-11-29)33-20-28(27-8-9-30(39(6)22-27)23-40-14-12-38(5)13-15-40)19-31(26(33)4)34(42)36-21-32-24(2)18-25(3)37-35(32)43/h18-20,22,27,29-30H,7-17,21,23H2,1-6H3,(H-,36,37,42,43)/p+1. The van der Waals surface area contributed by atoms with Gasteiger partial charge in [-0.05, 0) is 88.9 Å². The molecule has 3 aliphatic heterocycles. The average molecular weight is 606 g/mol. The van der Waals surface area contributed by atoms with E-state index in [0.29, 0.717) is 23.2 Å². The largest absolute Gasteiger partial charge is 0.381 e. The maximum absolute atomic E-state index is 13.9. The number of benzene rings is 1. The number of anilines is 1. The van der Waals surface area contributed by atoms with Crippen LogP contribution in [0.1, 0.15) is 76.8 Å². The van der Waals surface area contributed by atoms with Gasteiger partial charge in [0.15, 0.2) is 6.04 Å². The van der Waals surface area contributed by atoms with Gasteiger partial charge < -0.3 is 24.8 Å². The number of hydrogen-bond acceptors (Lipinski definition) is 6. The number of carbonyl (C=O) groups is 1. The molecule has 240 valence electrons. The van der Waals surface area contributed by atoms with Gasteiger partial charge >= 0.3 is 0 Å². The quantitative estimate of drug-likeness (QED) is 0.427. The molecule has 0 aliphatic carbocycles. The third-order valence-corrected chi connectivity index (χ3v) is 10.1. The second-order valence-corrected chi connectivity index (χ2v) is 13.2. The molecule has 4 heterocycles. The van der Waals surface area contributed by atoms with Gasteiger partial charge in [-0.25, -0.2) is 4.58 Å². The lowest BCUT2D eigenvalue weighted by Crippen LogP contribution is -2.49. The molecule has 2 atom stereocenters. The Hall–Kier alpha value is -3.01. The SMILES string of the molecule is CCN(c1cc(C2C=[N+](C)C(CN3CCN(C)CC3)CC2)cc(C(=O)NCc2c(C)cc(C)[nH]c2=O)c1C)C1CCOCC1. The fourth-order valence-corrected chi connectivity index (χ4v) is 7.31. The van der Waals surface area contributed by atoms with Crippen LogP contribution in [0.3, 0.4) is 0 Å². The summed E-state index contributed by atoms with van der Waals surface area (Å²) in [6, 6.07) is 7.29. The van der Waals surface area contributed by atoms with Crippen LogP contribution in [0.4, 0.5) is 5.69 Å². The first-order valence-corrected chi connectivity index (χ1v) is 16.6. The van der Waals surface area contributed by atoms with Crippen molar-refractivity contribution in [3.8, 4) is 0 Å². The minimum absolute atomic E-state index is 0.134. The van der Waals surface area contributed by atoms with Crippen LogP contribution in [0.25, 0.3) is 0 Å². The highest BCUT2D eigenvalue weighted by Gasteiger charge is 2.32. The minimum atomic E-state index is -0.142. The van der Waals surface area contributed by atoms with E-state index in [2.05, 4.69) is 75.9 Å². The lowest BCUT2D eigenvalue weighted by Gasteiger charge is -2.37. The van der Waals surface area contributed by atoms with Crippen molar-refractivity contribution in [3.63, 3.8) is 0 Å². The average Bonchev–Trinajstić information content (AvgIpc) is 3.00. The summed E-state index contributed by atoms with van der Waals surface area (Å²) in [4.78, 5) is 36.9. The van der Waals surface area contributed by atoms with Gasteiger partial charge in [-0.1, -0.05) is 0 Å². The van der Waals surface area contributed by atoms with Crippen LogP contribution in [0.5, 0.6) is 0 Å². The summed E-state index contributed by atoms with van der Waals surface area (Å²) in [6.07, 6.45) is 6.55. The third-order valence-electron chi connectivity index (χ3n) is 10.1. The van der Waals surface area contributed by atoms with Crippen molar-refractivity contribution < 1.29 is 14.1 Å². The Morgan fingerprint density at radius 2 is 1.80 bits per heavy atom. The van der Waals surface area contributed by atoms with E-state index in [1.807, 2.05) is 19.9 Å². The molecule has 2 saturated heterocycles. The number of aryl methyl sites for hydroxylation is 2. The molecule has 0 spiro atoms. The number of nitrogens with one attached hydrogen (secondary N) is 2. The van der Waals surface area contributed by atoms with E-state index in [9.17, 15) is 9.59 Å². The van der Waals surface area contributed by atoms with Crippen molar-refractivity contribution in [2.75, 3.05) is 71.5 Å². The molecule has 9 heteroatoms. The molecule has 2 aromatic rings. The Balaban J connectivity index is 1.43. The Kier molecular flexibility index (Phi) is 10.6. The van der Waals surface area contributed by atoms with Gasteiger partial charge in [0.25, 0.3) is 11.5 Å². The number of likely N-dealkylation sites (N-methyl/N-ethyl adjacent to an activating group) is 2. The van der Waals surface area contributed by atoms with Crippen LogP contribution in [-0.2, 0) is 11.3 Å². The lowest BCUT2D eigenvalue weighted by molar-refractivity contribution is -0.541. The number of aromatic amines is 1. The van der Waals surface area contributed by atoms with Crippen LogP contribution < -0.4 is 15.8 Å². The van der Waals surface area contributed by atoms with Crippen LogP contribution in [0.15, 0.2) is 23.0 Å². The van der Waals surface area contributed by atoms with Crippen molar-refractivity contribution in [1.29, 1.82) is 0 Å². The minimum Gasteiger partial charge on any atom is -0.381 e. The summed E-state index contributed by atoms with van der Waals surface area (Å²) >= 11 is 0. The monoisotopic (exact) mass is 605 g/mol. The molecule has 0 bridgehead atoms. The number of carbonyl (C=O) groups excluding carboxylic acids is 1. The highest BCUT2D eigenvalue weighted by atomic mass is 16.5. The molecule has 2 unspecified atom stereocenters. The summed E-state index contributed by atoms with van der Waals surface area (Å²) < 4.78 is 8.11. The van der Waals surface area contributed by atoms with Crippen LogP contribution >= 0.6 is 0 Å². The van der Waals surface area contributed by atoms with Crippen molar-refractivity contribution in [2.45, 2.75) is 77.9 Å². The summed E-state index contributed by atoms with van der Waals surface area (Å²) in [5.41, 5.74) is 6.19. The number of rotatable bonds is 9. The molecule has 9 nitrogen and oxygen atoms in total. The first-order valence-electron chi connectivity index (χ1n) is 16.6. The van der Waals surface area contributed by atoms with E-state index in [0.717, 1.165) is 101 Å². The number of amides is 1. The third kappa shape index (κ3) is 7.44. The van der Waals surface area contributed by atoms with Gasteiger partial charge in [0, 0.05) is 87.5 Å². The second kappa shape index (κ2) is 14.4. The zero-order valence-electron chi connectivity index (χ0n) is 27.7. The Labute approximate surface area is 263 Å². The molecule has 2 fully saturated rings. The summed E-state index contributed by atoms with van der Waals surface area (Å²) in [6.45, 7) is 16.3. The number of aromatic nitrogens is 1. The van der Waals surface area contributed by atoms with Crippen LogP contribution in [-0.4, -0.2) is 110 Å². The summed E-state index contributed by atoms with van der Waals surface area (Å²) in [5, 5.41) is 3.09. The smallest absolute Gasteiger partial charge is 0.253 e. The molecule has 3 aliphatic rings. The molecule has 0 radical (unpaired) electrons. The van der Waals surface area contributed by atoms with Gasteiger partial charge in [0.1, 0.15) is 13.3 Å². The molecule has 2 N–H and O–H groups in total. The van der Waals surface area contributed by atoms with E-state index in [-0.39, 0.29) is 23.9 Å². The van der Waals surface area contributed by atoms with Gasteiger partial charge in [-0.2, -0.15) is 0 Å². The number of hydrogen-bond donors (Lipinski definition) is 2. The summed E-state index contributed by atoms with van der Waals surface area (Å²) in [7, 11) is 4.43. The van der Waals surface area contributed by atoms with Gasteiger partial charge in [0.05, 0.1) is 12.5 Å². The molecule has 44 heavy (non-hydrogen) atoms. The first-order chi connectivity index (χ1) is 21.1. The zero-order chi connectivity index (χ0) is 31.4. The van der Waals surface area contributed by atoms with E-state index < -0.39 is 0 Å². The predicted octanol–water partition coefficient (Wildman–Crippen LogP) is 3.44. The topological polar surface area (TPSA) is 83.9 Å². The Morgan fingerprint density at radius 3 is 2.45 bits per heavy atom. The highest BCUT2D eigenvalue weighted by Crippen LogP contribution is 2.34. The highest BCUT2D eigenvalue weighted by molar-refractivity contribution is 5.97. The van der Waals surface area contributed by atoms with E-state index in [1.165, 1.54) is 5.56 Å². The number of nitrogens with zero attached hydrogens (tertiary/aromatic N) is 4. The number of pyridine rings is 1. The van der Waals surface area contributed by atoms with Crippen molar-refractivity contribution in [1.82, 2.24) is 20.1 Å². The fraction of sp³-hybridized carbons (Fsp3) is 0.629. The van der Waals surface area contributed by atoms with Crippen molar-refractivity contribution in [3.05, 3.63) is 62.1 Å². The normalized spacial score (nSPS) is 22.1. The van der Waals surface area contributed by atoms with Crippen molar-refractivity contribution >= 4 is 17.8 Å². The van der Waals surface area contributed by atoms with Crippen molar-refractivity contribution in [2.24, 2.45) is 0 Å².